The minimum Gasteiger partial charge on any atom is -0.336 e. The quantitative estimate of drug-likeness (QED) is 0.816. The monoisotopic (exact) mass is 383 g/mol. The Labute approximate surface area is 130 Å². The van der Waals surface area contributed by atoms with E-state index in [2.05, 4.69) is 38.0 Å². The summed E-state index contributed by atoms with van der Waals surface area (Å²) in [7, 11) is 0. The first-order valence-electron chi connectivity index (χ1n) is 6.40. The van der Waals surface area contributed by atoms with Gasteiger partial charge in [0, 0.05) is 28.8 Å². The molecule has 1 aliphatic heterocycles. The molecule has 0 atom stereocenters. The van der Waals surface area contributed by atoms with Gasteiger partial charge in [0.15, 0.2) is 5.82 Å². The summed E-state index contributed by atoms with van der Waals surface area (Å²) in [5, 5.41) is 7.22. The Morgan fingerprint density at radius 3 is 2.75 bits per heavy atom. The standard InChI is InChI=1S/C13H14IN5O/c14-11-3-1-10(2-4-11)12-16-9-19(17-12)8-7-18-6-5-15-13(18)20/h1-4,9H,5-8H2,(H,15,20). The van der Waals surface area contributed by atoms with Crippen LogP contribution in [0.4, 0.5) is 4.79 Å². The van der Waals surface area contributed by atoms with Crippen molar-refractivity contribution < 1.29 is 4.79 Å². The van der Waals surface area contributed by atoms with E-state index in [1.807, 2.05) is 24.3 Å². The van der Waals surface area contributed by atoms with Crippen LogP contribution >= 0.6 is 22.6 Å². The van der Waals surface area contributed by atoms with Gasteiger partial charge in [-0.3, -0.25) is 4.68 Å². The minimum atomic E-state index is 0.00275. The van der Waals surface area contributed by atoms with Crippen molar-refractivity contribution >= 4 is 28.6 Å². The largest absolute Gasteiger partial charge is 0.336 e. The van der Waals surface area contributed by atoms with E-state index in [1.165, 1.54) is 3.57 Å². The van der Waals surface area contributed by atoms with Gasteiger partial charge in [-0.2, -0.15) is 5.10 Å². The number of benzene rings is 1. The van der Waals surface area contributed by atoms with Gasteiger partial charge < -0.3 is 10.2 Å². The van der Waals surface area contributed by atoms with Gasteiger partial charge in [-0.15, -0.1) is 0 Å². The summed E-state index contributed by atoms with van der Waals surface area (Å²) in [6.07, 6.45) is 1.71. The highest BCUT2D eigenvalue weighted by Gasteiger charge is 2.18. The van der Waals surface area contributed by atoms with Gasteiger partial charge in [0.05, 0.1) is 6.54 Å². The fourth-order valence-electron chi connectivity index (χ4n) is 2.08. The van der Waals surface area contributed by atoms with Gasteiger partial charge >= 0.3 is 6.03 Å². The molecule has 0 bridgehead atoms. The number of nitrogens with one attached hydrogen (secondary N) is 1. The molecule has 0 unspecified atom stereocenters. The molecule has 0 aliphatic carbocycles. The highest BCUT2D eigenvalue weighted by molar-refractivity contribution is 14.1. The zero-order chi connectivity index (χ0) is 13.9. The average molecular weight is 383 g/mol. The number of halogens is 1. The number of hydrogen-bond donors (Lipinski definition) is 1. The second kappa shape index (κ2) is 5.78. The van der Waals surface area contributed by atoms with Gasteiger partial charge in [0.25, 0.3) is 0 Å². The first kappa shape index (κ1) is 13.3. The lowest BCUT2D eigenvalue weighted by Gasteiger charge is -2.13. The normalized spacial score (nSPS) is 14.7. The molecule has 0 radical (unpaired) electrons. The Bertz CT molecular complexity index is 609. The van der Waals surface area contributed by atoms with E-state index < -0.39 is 0 Å². The van der Waals surface area contributed by atoms with Gasteiger partial charge in [-0.25, -0.2) is 9.78 Å². The Balaban J connectivity index is 1.64. The predicted octanol–water partition coefficient (Wildman–Crippen LogP) is 1.57. The van der Waals surface area contributed by atoms with Crippen LogP contribution in [-0.2, 0) is 6.54 Å². The van der Waals surface area contributed by atoms with E-state index in [9.17, 15) is 4.79 Å². The number of aromatic nitrogens is 3. The topological polar surface area (TPSA) is 63.1 Å². The van der Waals surface area contributed by atoms with Crippen molar-refractivity contribution in [2.75, 3.05) is 19.6 Å². The van der Waals surface area contributed by atoms with Crippen molar-refractivity contribution in [1.82, 2.24) is 25.0 Å². The molecule has 7 heteroatoms. The van der Waals surface area contributed by atoms with Crippen LogP contribution in [0.3, 0.4) is 0 Å². The molecule has 1 fully saturated rings. The maximum absolute atomic E-state index is 11.4. The highest BCUT2D eigenvalue weighted by atomic mass is 127. The first-order chi connectivity index (χ1) is 9.72. The molecule has 2 heterocycles. The summed E-state index contributed by atoms with van der Waals surface area (Å²) in [4.78, 5) is 17.5. The number of hydrogen-bond acceptors (Lipinski definition) is 3. The molecule has 2 amide bonds. The molecule has 0 spiro atoms. The summed E-state index contributed by atoms with van der Waals surface area (Å²) in [5.41, 5.74) is 1.00. The summed E-state index contributed by atoms with van der Waals surface area (Å²) >= 11 is 2.27. The summed E-state index contributed by atoms with van der Waals surface area (Å²) in [6, 6.07) is 8.09. The maximum Gasteiger partial charge on any atom is 0.317 e. The molecule has 20 heavy (non-hydrogen) atoms. The molecule has 1 N–H and O–H groups in total. The van der Waals surface area contributed by atoms with Crippen molar-refractivity contribution in [3.63, 3.8) is 0 Å². The third kappa shape index (κ3) is 2.92. The van der Waals surface area contributed by atoms with E-state index in [0.29, 0.717) is 18.9 Å². The Morgan fingerprint density at radius 1 is 1.25 bits per heavy atom. The van der Waals surface area contributed by atoms with Crippen molar-refractivity contribution in [3.8, 4) is 11.4 Å². The number of amides is 2. The molecule has 0 saturated carbocycles. The molecule has 1 aromatic heterocycles. The Kier molecular flexibility index (Phi) is 3.86. The van der Waals surface area contributed by atoms with Crippen LogP contribution in [0.5, 0.6) is 0 Å². The van der Waals surface area contributed by atoms with Gasteiger partial charge in [0.1, 0.15) is 6.33 Å². The van der Waals surface area contributed by atoms with Crippen LogP contribution in [0, 0.1) is 3.57 Å². The van der Waals surface area contributed by atoms with Crippen molar-refractivity contribution in [2.24, 2.45) is 0 Å². The van der Waals surface area contributed by atoms with Crippen LogP contribution in [0.2, 0.25) is 0 Å². The molecule has 1 aliphatic rings. The number of nitrogens with zero attached hydrogens (tertiary/aromatic N) is 4. The molecule has 104 valence electrons. The smallest absolute Gasteiger partial charge is 0.317 e. The number of rotatable bonds is 4. The molecular formula is C13H14IN5O. The molecule has 1 aromatic carbocycles. The fraction of sp³-hybridized carbons (Fsp3) is 0.308. The van der Waals surface area contributed by atoms with Crippen LogP contribution in [-0.4, -0.2) is 45.3 Å². The Hall–Kier alpha value is -1.64. The van der Waals surface area contributed by atoms with Crippen LogP contribution < -0.4 is 5.32 Å². The minimum absolute atomic E-state index is 0.00275. The Morgan fingerprint density at radius 2 is 2.05 bits per heavy atom. The lowest BCUT2D eigenvalue weighted by atomic mass is 10.2. The third-order valence-electron chi connectivity index (χ3n) is 3.18. The van der Waals surface area contributed by atoms with Crippen molar-refractivity contribution in [2.45, 2.75) is 6.54 Å². The molecule has 1 saturated heterocycles. The zero-order valence-corrected chi connectivity index (χ0v) is 12.9. The second-order valence-corrected chi connectivity index (χ2v) is 5.80. The predicted molar refractivity (Wildman–Crippen MR) is 83.1 cm³/mol. The van der Waals surface area contributed by atoms with Crippen molar-refractivity contribution in [1.29, 1.82) is 0 Å². The van der Waals surface area contributed by atoms with Gasteiger partial charge in [-0.1, -0.05) is 12.1 Å². The van der Waals surface area contributed by atoms with Crippen molar-refractivity contribution in [3.05, 3.63) is 34.2 Å². The number of carbonyl (C=O) groups is 1. The SMILES string of the molecule is O=C1NCCN1CCn1cnc(-c2ccc(I)cc2)n1. The first-order valence-corrected chi connectivity index (χ1v) is 7.48. The maximum atomic E-state index is 11.4. The van der Waals surface area contributed by atoms with Gasteiger partial charge in [0.2, 0.25) is 0 Å². The van der Waals surface area contributed by atoms with Crippen LogP contribution in [0.1, 0.15) is 0 Å². The second-order valence-electron chi connectivity index (χ2n) is 4.56. The summed E-state index contributed by atoms with van der Waals surface area (Å²) in [5.74, 6) is 0.715. The fourth-order valence-corrected chi connectivity index (χ4v) is 2.44. The third-order valence-corrected chi connectivity index (χ3v) is 3.90. The van der Waals surface area contributed by atoms with Crippen LogP contribution in [0.25, 0.3) is 11.4 Å². The summed E-state index contributed by atoms with van der Waals surface area (Å²) < 4.78 is 2.96. The zero-order valence-electron chi connectivity index (χ0n) is 10.8. The lowest BCUT2D eigenvalue weighted by Crippen LogP contribution is -2.31. The van der Waals surface area contributed by atoms with E-state index in [1.54, 1.807) is 15.9 Å². The van der Waals surface area contributed by atoms with E-state index in [-0.39, 0.29) is 6.03 Å². The number of urea groups is 1. The molecule has 6 nitrogen and oxygen atoms in total. The molecule has 3 rings (SSSR count). The number of carbonyl (C=O) groups excluding carboxylic acids is 1. The van der Waals surface area contributed by atoms with Gasteiger partial charge in [-0.05, 0) is 34.7 Å². The van der Waals surface area contributed by atoms with E-state index in [0.717, 1.165) is 18.7 Å². The highest BCUT2D eigenvalue weighted by Crippen LogP contribution is 2.16. The molecular weight excluding hydrogens is 369 g/mol. The van der Waals surface area contributed by atoms with E-state index in [4.69, 9.17) is 0 Å². The van der Waals surface area contributed by atoms with Crippen LogP contribution in [0.15, 0.2) is 30.6 Å². The average Bonchev–Trinajstić information content (AvgIpc) is 3.06. The molecule has 2 aromatic rings. The lowest BCUT2D eigenvalue weighted by molar-refractivity contribution is 0.215. The van der Waals surface area contributed by atoms with E-state index >= 15 is 0 Å². The summed E-state index contributed by atoms with van der Waals surface area (Å²) in [6.45, 7) is 2.80.